The van der Waals surface area contributed by atoms with Gasteiger partial charge in [0, 0.05) is 19.3 Å². The molecule has 480 valence electrons. The number of carbonyl (C=O) groups is 3. The van der Waals surface area contributed by atoms with E-state index in [1.807, 2.05) is 0 Å². The molecule has 1 atom stereocenters. The third kappa shape index (κ3) is 69.3. The number of ether oxygens (including phenoxy) is 3. The van der Waals surface area contributed by atoms with Crippen molar-refractivity contribution in [2.75, 3.05) is 13.2 Å². The standard InChI is InChI=1S/C77H136O6/c1-4-7-10-13-16-19-22-24-26-28-30-32-33-34-35-36-37-38-39-40-41-42-43-44-45-46-48-49-51-53-55-58-61-64-67-70-76(79)82-73-74(72-81-75(78)69-66-63-60-57-21-18-15-12-9-6-3)83-77(80)71-68-65-62-59-56-54-52-50-47-31-29-27-25-23-20-17-14-11-8-5-2/h7,10,12,15-16,19,24,26,30,32,34-35,37-38,74H,4-6,8-9,11,13-14,17-18,20-23,25,27-29,31,33,36,39-73H2,1-3H3/b10-7-,15-12-,19-16-,26-24-,32-30-,35-34-,38-37-. The predicted molar refractivity (Wildman–Crippen MR) is 362 cm³/mol. The minimum Gasteiger partial charge on any atom is -0.462 e. The highest BCUT2D eigenvalue weighted by molar-refractivity contribution is 5.71. The number of hydrogen-bond acceptors (Lipinski definition) is 6. The molecule has 0 aliphatic heterocycles. The van der Waals surface area contributed by atoms with Crippen LogP contribution in [0, 0.1) is 0 Å². The quantitative estimate of drug-likeness (QED) is 0.0261. The Hall–Kier alpha value is -3.41. The summed E-state index contributed by atoms with van der Waals surface area (Å²) in [4.78, 5) is 38.3. The maximum Gasteiger partial charge on any atom is 0.306 e. The topological polar surface area (TPSA) is 78.9 Å². The van der Waals surface area contributed by atoms with Gasteiger partial charge in [0.25, 0.3) is 0 Å². The summed E-state index contributed by atoms with van der Waals surface area (Å²) >= 11 is 0. The normalized spacial score (nSPS) is 12.6. The lowest BCUT2D eigenvalue weighted by Gasteiger charge is -2.18. The molecular weight excluding hydrogens is 1020 g/mol. The van der Waals surface area contributed by atoms with Crippen LogP contribution in [-0.2, 0) is 28.6 Å². The second kappa shape index (κ2) is 71.1. The van der Waals surface area contributed by atoms with Crippen LogP contribution < -0.4 is 0 Å². The summed E-state index contributed by atoms with van der Waals surface area (Å²) in [7, 11) is 0. The van der Waals surface area contributed by atoms with Crippen molar-refractivity contribution in [3.8, 4) is 0 Å². The second-order valence-electron chi connectivity index (χ2n) is 24.1. The van der Waals surface area contributed by atoms with E-state index >= 15 is 0 Å². The smallest absolute Gasteiger partial charge is 0.306 e. The Morgan fingerprint density at radius 1 is 0.253 bits per heavy atom. The zero-order chi connectivity index (χ0) is 59.9. The summed E-state index contributed by atoms with van der Waals surface area (Å²) in [6.07, 6.45) is 94.9. The van der Waals surface area contributed by atoms with Gasteiger partial charge in [-0.3, -0.25) is 14.4 Å². The highest BCUT2D eigenvalue weighted by Gasteiger charge is 2.19. The van der Waals surface area contributed by atoms with Gasteiger partial charge in [-0.25, -0.2) is 0 Å². The third-order valence-corrected chi connectivity index (χ3v) is 15.9. The number of hydrogen-bond donors (Lipinski definition) is 0. The summed E-state index contributed by atoms with van der Waals surface area (Å²) in [6.45, 7) is 6.51. The average Bonchev–Trinajstić information content (AvgIpc) is 3.49. The van der Waals surface area contributed by atoms with E-state index < -0.39 is 6.10 Å². The molecule has 6 heteroatoms. The maximum atomic E-state index is 12.9. The number of esters is 3. The zero-order valence-electron chi connectivity index (χ0n) is 55.2. The van der Waals surface area contributed by atoms with E-state index in [2.05, 4.69) is 106 Å². The van der Waals surface area contributed by atoms with Gasteiger partial charge < -0.3 is 14.2 Å². The summed E-state index contributed by atoms with van der Waals surface area (Å²) < 4.78 is 16.9. The van der Waals surface area contributed by atoms with Crippen LogP contribution in [0.5, 0.6) is 0 Å². The van der Waals surface area contributed by atoms with Crippen molar-refractivity contribution in [3.05, 3.63) is 85.1 Å². The number of carbonyl (C=O) groups excluding carboxylic acids is 3. The van der Waals surface area contributed by atoms with E-state index in [-0.39, 0.29) is 31.1 Å². The van der Waals surface area contributed by atoms with Crippen molar-refractivity contribution in [2.24, 2.45) is 0 Å². The van der Waals surface area contributed by atoms with Gasteiger partial charge in [0.2, 0.25) is 0 Å². The highest BCUT2D eigenvalue weighted by atomic mass is 16.6. The van der Waals surface area contributed by atoms with Crippen molar-refractivity contribution >= 4 is 17.9 Å². The SMILES string of the molecule is CC/C=C\C/C=C\C/C=C\C/C=C\C/C=C\C/C=C\CCCCCCCCCCCCCCCCCCC(=O)OCC(COC(=O)CCCCCCC/C=C\CCC)OC(=O)CCCCCCCCCCCCCCCCCCCCCC. The zero-order valence-corrected chi connectivity index (χ0v) is 55.2. The minimum absolute atomic E-state index is 0.0733. The maximum absolute atomic E-state index is 12.9. The fourth-order valence-corrected chi connectivity index (χ4v) is 10.5. The Balaban J connectivity index is 4.09. The number of unbranched alkanes of at least 4 members (excludes halogenated alkanes) is 41. The van der Waals surface area contributed by atoms with Gasteiger partial charge in [0.05, 0.1) is 0 Å². The molecule has 0 radical (unpaired) electrons. The van der Waals surface area contributed by atoms with Crippen LogP contribution in [0.3, 0.4) is 0 Å². The molecule has 0 amide bonds. The molecule has 0 aliphatic carbocycles. The molecule has 83 heavy (non-hydrogen) atoms. The molecule has 0 N–H and O–H groups in total. The summed E-state index contributed by atoms with van der Waals surface area (Å²) in [6, 6.07) is 0. The van der Waals surface area contributed by atoms with Crippen LogP contribution in [-0.4, -0.2) is 37.2 Å². The number of rotatable bonds is 66. The first-order chi connectivity index (χ1) is 41.0. The monoisotopic (exact) mass is 1160 g/mol. The van der Waals surface area contributed by atoms with Gasteiger partial charge in [-0.05, 0) is 89.9 Å². The van der Waals surface area contributed by atoms with E-state index in [0.29, 0.717) is 19.3 Å². The average molecular weight is 1160 g/mol. The summed E-state index contributed by atoms with van der Waals surface area (Å²) in [5, 5.41) is 0. The van der Waals surface area contributed by atoms with E-state index in [0.717, 1.165) is 109 Å². The molecule has 0 saturated heterocycles. The molecule has 0 aromatic heterocycles. The Bertz CT molecular complexity index is 1570. The van der Waals surface area contributed by atoms with Crippen LogP contribution in [0.1, 0.15) is 367 Å². The van der Waals surface area contributed by atoms with E-state index in [4.69, 9.17) is 14.2 Å². The molecule has 6 nitrogen and oxygen atoms in total. The van der Waals surface area contributed by atoms with Crippen molar-refractivity contribution < 1.29 is 28.6 Å². The summed E-state index contributed by atoms with van der Waals surface area (Å²) in [5.41, 5.74) is 0. The van der Waals surface area contributed by atoms with Gasteiger partial charge >= 0.3 is 17.9 Å². The molecule has 1 unspecified atom stereocenters. The Morgan fingerprint density at radius 2 is 0.494 bits per heavy atom. The van der Waals surface area contributed by atoms with Crippen molar-refractivity contribution in [1.82, 2.24) is 0 Å². The van der Waals surface area contributed by atoms with Gasteiger partial charge in [-0.2, -0.15) is 0 Å². The van der Waals surface area contributed by atoms with Crippen LogP contribution in [0.25, 0.3) is 0 Å². The van der Waals surface area contributed by atoms with Gasteiger partial charge in [-0.15, -0.1) is 0 Å². The predicted octanol–water partition coefficient (Wildman–Crippen LogP) is 25.0. The van der Waals surface area contributed by atoms with Crippen LogP contribution in [0.4, 0.5) is 0 Å². The Labute approximate surface area is 515 Å². The fraction of sp³-hybridized carbons (Fsp3) is 0.779. The first-order valence-electron chi connectivity index (χ1n) is 36.1. The molecule has 0 bridgehead atoms. The molecule has 0 aromatic rings. The molecule has 0 aromatic carbocycles. The summed E-state index contributed by atoms with van der Waals surface area (Å²) in [5.74, 6) is -0.863. The van der Waals surface area contributed by atoms with Gasteiger partial charge in [-0.1, -0.05) is 343 Å². The Morgan fingerprint density at radius 3 is 0.795 bits per heavy atom. The second-order valence-corrected chi connectivity index (χ2v) is 24.1. The van der Waals surface area contributed by atoms with Crippen LogP contribution in [0.15, 0.2) is 85.1 Å². The van der Waals surface area contributed by atoms with Crippen molar-refractivity contribution in [2.45, 2.75) is 374 Å². The lowest BCUT2D eigenvalue weighted by atomic mass is 10.0. The lowest BCUT2D eigenvalue weighted by molar-refractivity contribution is -0.167. The van der Waals surface area contributed by atoms with Crippen molar-refractivity contribution in [3.63, 3.8) is 0 Å². The van der Waals surface area contributed by atoms with E-state index in [1.165, 1.54) is 218 Å². The van der Waals surface area contributed by atoms with Gasteiger partial charge in [0.15, 0.2) is 6.10 Å². The first kappa shape index (κ1) is 79.6. The van der Waals surface area contributed by atoms with Crippen molar-refractivity contribution in [1.29, 1.82) is 0 Å². The highest BCUT2D eigenvalue weighted by Crippen LogP contribution is 2.18. The Kier molecular flexibility index (Phi) is 68.2. The molecule has 0 heterocycles. The molecule has 0 saturated carbocycles. The van der Waals surface area contributed by atoms with Crippen LogP contribution in [0.2, 0.25) is 0 Å². The largest absolute Gasteiger partial charge is 0.462 e. The molecule has 0 rings (SSSR count). The third-order valence-electron chi connectivity index (χ3n) is 15.9. The van der Waals surface area contributed by atoms with Crippen LogP contribution >= 0.6 is 0 Å². The first-order valence-corrected chi connectivity index (χ1v) is 36.1. The molecule has 0 fully saturated rings. The number of allylic oxidation sites excluding steroid dienone is 14. The van der Waals surface area contributed by atoms with Gasteiger partial charge in [0.1, 0.15) is 13.2 Å². The van der Waals surface area contributed by atoms with E-state index in [1.54, 1.807) is 0 Å². The van der Waals surface area contributed by atoms with E-state index in [9.17, 15) is 14.4 Å². The molecular formula is C77H136O6. The minimum atomic E-state index is -0.776. The molecule has 0 spiro atoms. The lowest BCUT2D eigenvalue weighted by Crippen LogP contribution is -2.30. The molecule has 0 aliphatic rings. The fourth-order valence-electron chi connectivity index (χ4n) is 10.5.